The Morgan fingerprint density at radius 2 is 2.11 bits per heavy atom. The standard InChI is InChI=1S/C17H16F2N4O4/c1-9(16-20-10(2)22-27-16)23(3)17(24)12-7-26-14(21-12)8-25-13-6-4-5-11(18)15(13)19/h4-7,9H,8H2,1-3H3/t9-/m1/s1. The van der Waals surface area contributed by atoms with Crippen LogP contribution in [0.25, 0.3) is 0 Å². The molecule has 0 aliphatic rings. The molecule has 0 saturated heterocycles. The summed E-state index contributed by atoms with van der Waals surface area (Å²) < 4.78 is 42.1. The van der Waals surface area contributed by atoms with E-state index in [1.165, 1.54) is 17.0 Å². The normalized spacial score (nSPS) is 12.0. The molecule has 142 valence electrons. The molecule has 0 N–H and O–H groups in total. The summed E-state index contributed by atoms with van der Waals surface area (Å²) in [7, 11) is 1.56. The smallest absolute Gasteiger partial charge is 0.276 e. The molecular weight excluding hydrogens is 362 g/mol. The van der Waals surface area contributed by atoms with E-state index in [9.17, 15) is 13.6 Å². The first-order valence-electron chi connectivity index (χ1n) is 7.95. The van der Waals surface area contributed by atoms with E-state index in [4.69, 9.17) is 13.7 Å². The van der Waals surface area contributed by atoms with Gasteiger partial charge in [0.2, 0.25) is 17.6 Å². The fraction of sp³-hybridized carbons (Fsp3) is 0.294. The van der Waals surface area contributed by atoms with Gasteiger partial charge < -0.3 is 18.6 Å². The molecule has 2 aromatic heterocycles. The molecule has 0 spiro atoms. The van der Waals surface area contributed by atoms with Crippen molar-refractivity contribution in [3.63, 3.8) is 0 Å². The molecule has 0 saturated carbocycles. The van der Waals surface area contributed by atoms with Crippen molar-refractivity contribution < 1.29 is 27.3 Å². The number of benzene rings is 1. The van der Waals surface area contributed by atoms with Crippen LogP contribution in [0.1, 0.15) is 41.1 Å². The third kappa shape index (κ3) is 3.94. The van der Waals surface area contributed by atoms with Crippen molar-refractivity contribution in [2.45, 2.75) is 26.5 Å². The van der Waals surface area contributed by atoms with E-state index in [-0.39, 0.29) is 29.8 Å². The molecule has 10 heteroatoms. The van der Waals surface area contributed by atoms with E-state index in [1.54, 1.807) is 20.9 Å². The second-order valence-corrected chi connectivity index (χ2v) is 5.74. The maximum atomic E-state index is 13.6. The molecule has 0 bridgehead atoms. The largest absolute Gasteiger partial charge is 0.481 e. The van der Waals surface area contributed by atoms with Crippen molar-refractivity contribution in [3.8, 4) is 5.75 Å². The van der Waals surface area contributed by atoms with Crippen LogP contribution in [-0.2, 0) is 6.61 Å². The number of hydrogen-bond donors (Lipinski definition) is 0. The molecular formula is C17H16F2N4O4. The second kappa shape index (κ2) is 7.52. The Morgan fingerprint density at radius 1 is 1.33 bits per heavy atom. The predicted molar refractivity (Wildman–Crippen MR) is 86.7 cm³/mol. The van der Waals surface area contributed by atoms with Crippen molar-refractivity contribution in [3.05, 3.63) is 59.4 Å². The molecule has 3 aromatic rings. The lowest BCUT2D eigenvalue weighted by atomic mass is 10.2. The third-order valence-electron chi connectivity index (χ3n) is 3.84. The number of halogens is 2. The Balaban J connectivity index is 1.65. The molecule has 0 aliphatic carbocycles. The molecule has 8 nitrogen and oxygen atoms in total. The van der Waals surface area contributed by atoms with E-state index < -0.39 is 23.6 Å². The van der Waals surface area contributed by atoms with Crippen LogP contribution in [-0.4, -0.2) is 33.0 Å². The number of aryl methyl sites for hydroxylation is 1. The Bertz CT molecular complexity index is 956. The lowest BCUT2D eigenvalue weighted by Crippen LogP contribution is -2.30. The minimum Gasteiger partial charge on any atom is -0.481 e. The van der Waals surface area contributed by atoms with Crippen LogP contribution in [0.15, 0.2) is 33.4 Å². The quantitative estimate of drug-likeness (QED) is 0.650. The lowest BCUT2D eigenvalue weighted by Gasteiger charge is -2.20. The van der Waals surface area contributed by atoms with E-state index in [2.05, 4.69) is 15.1 Å². The number of rotatable bonds is 6. The zero-order chi connectivity index (χ0) is 19.6. The van der Waals surface area contributed by atoms with Gasteiger partial charge in [-0.15, -0.1) is 0 Å². The van der Waals surface area contributed by atoms with Crippen molar-refractivity contribution in [1.29, 1.82) is 0 Å². The molecule has 2 heterocycles. The maximum absolute atomic E-state index is 13.6. The van der Waals surface area contributed by atoms with Crippen molar-refractivity contribution in [2.75, 3.05) is 7.05 Å². The summed E-state index contributed by atoms with van der Waals surface area (Å²) in [6.45, 7) is 3.13. The van der Waals surface area contributed by atoms with Gasteiger partial charge in [-0.3, -0.25) is 4.79 Å². The van der Waals surface area contributed by atoms with Crippen LogP contribution >= 0.6 is 0 Å². The van der Waals surface area contributed by atoms with Gasteiger partial charge in [-0.25, -0.2) is 9.37 Å². The first-order chi connectivity index (χ1) is 12.9. The summed E-state index contributed by atoms with van der Waals surface area (Å²) in [6.07, 6.45) is 1.16. The molecule has 27 heavy (non-hydrogen) atoms. The zero-order valence-corrected chi connectivity index (χ0v) is 14.8. The summed E-state index contributed by atoms with van der Waals surface area (Å²) >= 11 is 0. The minimum absolute atomic E-state index is 0.0268. The number of oxazole rings is 1. The topological polar surface area (TPSA) is 94.5 Å². The molecule has 1 amide bonds. The highest BCUT2D eigenvalue weighted by Crippen LogP contribution is 2.21. The number of amides is 1. The van der Waals surface area contributed by atoms with Crippen LogP contribution in [0.4, 0.5) is 8.78 Å². The Morgan fingerprint density at radius 3 is 2.81 bits per heavy atom. The number of nitrogens with zero attached hydrogens (tertiary/aromatic N) is 4. The number of carbonyl (C=O) groups excluding carboxylic acids is 1. The summed E-state index contributed by atoms with van der Waals surface area (Å²) in [5.41, 5.74) is 0.0268. The van der Waals surface area contributed by atoms with Crippen LogP contribution in [0.2, 0.25) is 0 Å². The van der Waals surface area contributed by atoms with Crippen molar-refractivity contribution >= 4 is 5.91 Å². The Hall–Kier alpha value is -3.30. The predicted octanol–water partition coefficient (Wildman–Crippen LogP) is 3.06. The Labute approximate surface area is 152 Å². The van der Waals surface area contributed by atoms with E-state index in [0.717, 1.165) is 12.3 Å². The van der Waals surface area contributed by atoms with Gasteiger partial charge in [-0.2, -0.15) is 9.37 Å². The summed E-state index contributed by atoms with van der Waals surface area (Å²) in [4.78, 5) is 22.0. The monoisotopic (exact) mass is 378 g/mol. The van der Waals surface area contributed by atoms with Crippen molar-refractivity contribution in [1.82, 2.24) is 20.0 Å². The summed E-state index contributed by atoms with van der Waals surface area (Å²) in [5, 5.41) is 3.69. The molecule has 0 fully saturated rings. The van der Waals surface area contributed by atoms with E-state index in [0.29, 0.717) is 5.82 Å². The Kier molecular flexibility index (Phi) is 5.15. The van der Waals surface area contributed by atoms with Crippen LogP contribution < -0.4 is 4.74 Å². The number of ether oxygens (including phenoxy) is 1. The zero-order valence-electron chi connectivity index (χ0n) is 14.8. The molecule has 0 unspecified atom stereocenters. The highest BCUT2D eigenvalue weighted by Gasteiger charge is 2.25. The van der Waals surface area contributed by atoms with Crippen LogP contribution in [0.5, 0.6) is 5.75 Å². The highest BCUT2D eigenvalue weighted by atomic mass is 19.2. The SMILES string of the molecule is Cc1noc([C@@H](C)N(C)C(=O)c2coc(COc3cccc(F)c3F)n2)n1. The third-order valence-corrected chi connectivity index (χ3v) is 3.84. The number of carbonyl (C=O) groups is 1. The fourth-order valence-electron chi connectivity index (χ4n) is 2.22. The van der Waals surface area contributed by atoms with Crippen molar-refractivity contribution in [2.24, 2.45) is 0 Å². The minimum atomic E-state index is -1.11. The van der Waals surface area contributed by atoms with Crippen LogP contribution in [0.3, 0.4) is 0 Å². The van der Waals surface area contributed by atoms with Crippen LogP contribution in [0, 0.1) is 18.6 Å². The maximum Gasteiger partial charge on any atom is 0.276 e. The first-order valence-corrected chi connectivity index (χ1v) is 7.95. The van der Waals surface area contributed by atoms with Gasteiger partial charge in [0.25, 0.3) is 5.91 Å². The number of aromatic nitrogens is 3. The summed E-state index contributed by atoms with van der Waals surface area (Å²) in [5.74, 6) is -2.06. The van der Waals surface area contributed by atoms with E-state index >= 15 is 0 Å². The van der Waals surface area contributed by atoms with Gasteiger partial charge in [-0.05, 0) is 26.0 Å². The highest BCUT2D eigenvalue weighted by molar-refractivity contribution is 5.92. The van der Waals surface area contributed by atoms with Gasteiger partial charge in [0.1, 0.15) is 12.3 Å². The molecule has 0 aliphatic heterocycles. The van der Waals surface area contributed by atoms with Gasteiger partial charge in [0.15, 0.2) is 29.7 Å². The average molecular weight is 378 g/mol. The number of hydrogen-bond acceptors (Lipinski definition) is 7. The van der Waals surface area contributed by atoms with Gasteiger partial charge in [0, 0.05) is 7.05 Å². The summed E-state index contributed by atoms with van der Waals surface area (Å²) in [6, 6.07) is 3.09. The molecule has 1 atom stereocenters. The van der Waals surface area contributed by atoms with Gasteiger partial charge in [0.05, 0.1) is 0 Å². The van der Waals surface area contributed by atoms with Gasteiger partial charge in [-0.1, -0.05) is 11.2 Å². The average Bonchev–Trinajstić information content (AvgIpc) is 3.30. The first kappa shape index (κ1) is 18.5. The lowest BCUT2D eigenvalue weighted by molar-refractivity contribution is 0.0710. The molecule has 1 aromatic carbocycles. The van der Waals surface area contributed by atoms with Gasteiger partial charge >= 0.3 is 0 Å². The second-order valence-electron chi connectivity index (χ2n) is 5.74. The van der Waals surface area contributed by atoms with E-state index in [1.807, 2.05) is 0 Å². The molecule has 0 radical (unpaired) electrons. The molecule has 3 rings (SSSR count). The fourth-order valence-corrected chi connectivity index (χ4v) is 2.22.